The summed E-state index contributed by atoms with van der Waals surface area (Å²) in [5.41, 5.74) is 0.832. The Morgan fingerprint density at radius 1 is 1.35 bits per heavy atom. The molecule has 0 aliphatic carbocycles. The molecule has 0 saturated carbocycles. The molecule has 0 aromatic heterocycles. The standard InChI is InChI=1S/C15H20FNO3/c1-10(14(18)17(3)11(2)15(19)20)7-8-12-5-4-6-13(16)9-12/h4-6,9-11H,7-8H2,1-3H3,(H,19,20). The van der Waals surface area contributed by atoms with Gasteiger partial charge in [0.25, 0.3) is 0 Å². The lowest BCUT2D eigenvalue weighted by atomic mass is 9.99. The highest BCUT2D eigenvalue weighted by atomic mass is 19.1. The Kier molecular flexibility index (Phi) is 5.67. The molecule has 1 aromatic carbocycles. The van der Waals surface area contributed by atoms with Gasteiger partial charge in [-0.25, -0.2) is 9.18 Å². The van der Waals surface area contributed by atoms with Crippen molar-refractivity contribution in [2.24, 2.45) is 5.92 Å². The summed E-state index contributed by atoms with van der Waals surface area (Å²) in [5.74, 6) is -1.84. The Bertz CT molecular complexity index is 490. The molecule has 1 aromatic rings. The van der Waals surface area contributed by atoms with Gasteiger partial charge in [0, 0.05) is 13.0 Å². The number of carbonyl (C=O) groups excluding carboxylic acids is 1. The molecule has 20 heavy (non-hydrogen) atoms. The molecule has 2 atom stereocenters. The van der Waals surface area contributed by atoms with E-state index in [0.29, 0.717) is 12.8 Å². The first-order valence-corrected chi connectivity index (χ1v) is 6.57. The van der Waals surface area contributed by atoms with Gasteiger partial charge in [-0.15, -0.1) is 0 Å². The van der Waals surface area contributed by atoms with Crippen molar-refractivity contribution in [2.75, 3.05) is 7.05 Å². The average Bonchev–Trinajstić information content (AvgIpc) is 2.42. The van der Waals surface area contributed by atoms with Crippen molar-refractivity contribution in [3.63, 3.8) is 0 Å². The lowest BCUT2D eigenvalue weighted by Crippen LogP contribution is -2.42. The number of carboxylic acids is 1. The van der Waals surface area contributed by atoms with Crippen molar-refractivity contribution in [3.8, 4) is 0 Å². The number of halogens is 1. The second kappa shape index (κ2) is 7.03. The molecule has 0 aliphatic heterocycles. The second-order valence-electron chi connectivity index (χ2n) is 5.03. The maximum absolute atomic E-state index is 13.0. The fourth-order valence-electron chi connectivity index (χ4n) is 1.90. The lowest BCUT2D eigenvalue weighted by molar-refractivity contribution is -0.149. The summed E-state index contributed by atoms with van der Waals surface area (Å²) in [6.07, 6.45) is 1.14. The summed E-state index contributed by atoms with van der Waals surface area (Å²) in [6.45, 7) is 3.23. The SMILES string of the molecule is CC(CCc1cccc(F)c1)C(=O)N(C)C(C)C(=O)O. The summed E-state index contributed by atoms with van der Waals surface area (Å²) >= 11 is 0. The van der Waals surface area contributed by atoms with E-state index in [1.807, 2.05) is 6.07 Å². The highest BCUT2D eigenvalue weighted by molar-refractivity contribution is 5.84. The van der Waals surface area contributed by atoms with Crippen LogP contribution in [-0.2, 0) is 16.0 Å². The predicted octanol–water partition coefficient (Wildman–Crippen LogP) is 2.33. The van der Waals surface area contributed by atoms with E-state index in [1.165, 1.54) is 31.0 Å². The Hall–Kier alpha value is -1.91. The van der Waals surface area contributed by atoms with Gasteiger partial charge in [-0.2, -0.15) is 0 Å². The monoisotopic (exact) mass is 281 g/mol. The van der Waals surface area contributed by atoms with Crippen LogP contribution < -0.4 is 0 Å². The molecule has 0 spiro atoms. The second-order valence-corrected chi connectivity index (χ2v) is 5.03. The van der Waals surface area contributed by atoms with E-state index in [4.69, 9.17) is 5.11 Å². The van der Waals surface area contributed by atoms with E-state index in [0.717, 1.165) is 5.56 Å². The van der Waals surface area contributed by atoms with E-state index < -0.39 is 12.0 Å². The van der Waals surface area contributed by atoms with E-state index >= 15 is 0 Å². The van der Waals surface area contributed by atoms with Crippen molar-refractivity contribution in [1.82, 2.24) is 4.90 Å². The van der Waals surface area contributed by atoms with Crippen LogP contribution in [0.15, 0.2) is 24.3 Å². The number of likely N-dealkylation sites (N-methyl/N-ethyl adjacent to an activating group) is 1. The third-order valence-electron chi connectivity index (χ3n) is 3.46. The number of aliphatic carboxylic acids is 1. The number of carboxylic acid groups (broad SMARTS) is 1. The predicted molar refractivity (Wildman–Crippen MR) is 73.8 cm³/mol. The molecule has 1 N–H and O–H groups in total. The highest BCUT2D eigenvalue weighted by Gasteiger charge is 2.25. The van der Waals surface area contributed by atoms with Gasteiger partial charge in [-0.1, -0.05) is 19.1 Å². The molecule has 0 saturated heterocycles. The number of amides is 1. The van der Waals surface area contributed by atoms with Crippen LogP contribution in [-0.4, -0.2) is 35.0 Å². The van der Waals surface area contributed by atoms with Crippen LogP contribution in [0.4, 0.5) is 4.39 Å². The van der Waals surface area contributed by atoms with Crippen molar-refractivity contribution in [2.45, 2.75) is 32.7 Å². The van der Waals surface area contributed by atoms with Gasteiger partial charge in [0.15, 0.2) is 0 Å². The molecule has 5 heteroatoms. The van der Waals surface area contributed by atoms with Gasteiger partial charge in [0.1, 0.15) is 11.9 Å². The Balaban J connectivity index is 2.56. The van der Waals surface area contributed by atoms with Crippen LogP contribution in [0.3, 0.4) is 0 Å². The van der Waals surface area contributed by atoms with Crippen molar-refractivity contribution in [3.05, 3.63) is 35.6 Å². The number of hydrogen-bond acceptors (Lipinski definition) is 2. The van der Waals surface area contributed by atoms with Crippen molar-refractivity contribution < 1.29 is 19.1 Å². The Morgan fingerprint density at radius 3 is 2.55 bits per heavy atom. The van der Waals surface area contributed by atoms with E-state index in [-0.39, 0.29) is 17.6 Å². The van der Waals surface area contributed by atoms with Gasteiger partial charge < -0.3 is 10.0 Å². The molecular formula is C15H20FNO3. The third kappa shape index (κ3) is 4.33. The van der Waals surface area contributed by atoms with E-state index in [1.54, 1.807) is 13.0 Å². The van der Waals surface area contributed by atoms with Crippen LogP contribution in [0, 0.1) is 11.7 Å². The van der Waals surface area contributed by atoms with Gasteiger partial charge in [0.2, 0.25) is 5.91 Å². The van der Waals surface area contributed by atoms with E-state index in [2.05, 4.69) is 0 Å². The maximum atomic E-state index is 13.0. The zero-order chi connectivity index (χ0) is 15.3. The van der Waals surface area contributed by atoms with Crippen LogP contribution in [0.1, 0.15) is 25.8 Å². The first-order valence-electron chi connectivity index (χ1n) is 6.57. The van der Waals surface area contributed by atoms with Crippen LogP contribution in [0.5, 0.6) is 0 Å². The summed E-state index contributed by atoms with van der Waals surface area (Å²) in [7, 11) is 1.49. The fourth-order valence-corrected chi connectivity index (χ4v) is 1.90. The molecule has 1 amide bonds. The molecule has 1 rings (SSSR count). The normalized spacial score (nSPS) is 13.6. The summed E-state index contributed by atoms with van der Waals surface area (Å²) in [4.78, 5) is 24.1. The highest BCUT2D eigenvalue weighted by Crippen LogP contribution is 2.14. The Morgan fingerprint density at radius 2 is 2.00 bits per heavy atom. The van der Waals surface area contributed by atoms with Gasteiger partial charge in [0.05, 0.1) is 0 Å². The largest absolute Gasteiger partial charge is 0.480 e. The first kappa shape index (κ1) is 16.1. The van der Waals surface area contributed by atoms with Crippen LogP contribution in [0.25, 0.3) is 0 Å². The molecule has 0 radical (unpaired) electrons. The van der Waals surface area contributed by atoms with Crippen LogP contribution in [0.2, 0.25) is 0 Å². The van der Waals surface area contributed by atoms with E-state index in [9.17, 15) is 14.0 Å². The van der Waals surface area contributed by atoms with Gasteiger partial charge in [-0.05, 0) is 37.5 Å². The quantitative estimate of drug-likeness (QED) is 0.870. The minimum Gasteiger partial charge on any atom is -0.480 e. The van der Waals surface area contributed by atoms with Gasteiger partial charge in [-0.3, -0.25) is 4.79 Å². The average molecular weight is 281 g/mol. The summed E-state index contributed by atoms with van der Waals surface area (Å²) in [5, 5.41) is 8.89. The molecule has 2 unspecified atom stereocenters. The molecule has 0 heterocycles. The summed E-state index contributed by atoms with van der Waals surface area (Å²) in [6, 6.07) is 5.42. The lowest BCUT2D eigenvalue weighted by Gasteiger charge is -2.24. The molecule has 0 bridgehead atoms. The van der Waals surface area contributed by atoms with Crippen molar-refractivity contribution >= 4 is 11.9 Å². The number of aryl methyl sites for hydroxylation is 1. The first-order chi connectivity index (χ1) is 9.32. The molecule has 0 fully saturated rings. The zero-order valence-electron chi connectivity index (χ0n) is 12.0. The maximum Gasteiger partial charge on any atom is 0.326 e. The van der Waals surface area contributed by atoms with Crippen LogP contribution >= 0.6 is 0 Å². The molecule has 0 aliphatic rings. The minimum absolute atomic E-state index is 0.212. The molecular weight excluding hydrogens is 261 g/mol. The number of hydrogen-bond donors (Lipinski definition) is 1. The number of nitrogens with zero attached hydrogens (tertiary/aromatic N) is 1. The number of carbonyl (C=O) groups is 2. The molecule has 110 valence electrons. The third-order valence-corrected chi connectivity index (χ3v) is 3.46. The fraction of sp³-hybridized carbons (Fsp3) is 0.467. The number of benzene rings is 1. The van der Waals surface area contributed by atoms with Crippen molar-refractivity contribution in [1.29, 1.82) is 0 Å². The smallest absolute Gasteiger partial charge is 0.326 e. The Labute approximate surface area is 118 Å². The number of rotatable bonds is 6. The van der Waals surface area contributed by atoms with Gasteiger partial charge >= 0.3 is 5.97 Å². The topological polar surface area (TPSA) is 57.6 Å². The zero-order valence-corrected chi connectivity index (χ0v) is 12.0. The minimum atomic E-state index is -1.03. The molecule has 4 nitrogen and oxygen atoms in total. The summed E-state index contributed by atoms with van der Waals surface area (Å²) < 4.78 is 13.0.